The molecule has 0 aromatic carbocycles. The molecule has 5 nitrogen and oxygen atoms in total. The minimum Gasteiger partial charge on any atom is -0.265 e. The van der Waals surface area contributed by atoms with Gasteiger partial charge in [-0.2, -0.15) is 17.7 Å². The molecule has 6 heteroatoms. The molecule has 18 heavy (non-hydrogen) atoms. The topological polar surface area (TPSA) is 61.0 Å². The van der Waals surface area contributed by atoms with Gasteiger partial charge in [0.15, 0.2) is 0 Å². The van der Waals surface area contributed by atoms with Crippen LogP contribution in [0.15, 0.2) is 12.4 Å². The van der Waals surface area contributed by atoms with Crippen LogP contribution in [0.1, 0.15) is 38.5 Å². The molecule has 0 saturated heterocycles. The van der Waals surface area contributed by atoms with E-state index in [1.165, 1.54) is 38.1 Å². The minimum absolute atomic E-state index is 0.0675. The number of thiol groups is 1. The van der Waals surface area contributed by atoms with Gasteiger partial charge in [0, 0.05) is 6.54 Å². The molecule has 1 aliphatic rings. The summed E-state index contributed by atoms with van der Waals surface area (Å²) in [5.41, 5.74) is 0.220. The van der Waals surface area contributed by atoms with Gasteiger partial charge < -0.3 is 0 Å². The predicted octanol–water partition coefficient (Wildman–Crippen LogP) is 3.06. The summed E-state index contributed by atoms with van der Waals surface area (Å²) in [7, 11) is 0. The van der Waals surface area contributed by atoms with Crippen molar-refractivity contribution in [2.75, 3.05) is 5.75 Å². The van der Waals surface area contributed by atoms with Gasteiger partial charge in [0.05, 0.1) is 4.92 Å². The number of hydrogen-bond acceptors (Lipinski definition) is 4. The molecule has 100 valence electrons. The second-order valence-corrected chi connectivity index (χ2v) is 5.54. The van der Waals surface area contributed by atoms with Crippen molar-refractivity contribution in [1.29, 1.82) is 0 Å². The van der Waals surface area contributed by atoms with E-state index in [-0.39, 0.29) is 11.1 Å². The van der Waals surface area contributed by atoms with Crippen molar-refractivity contribution < 1.29 is 4.92 Å². The molecule has 0 atom stereocenters. The molecule has 0 amide bonds. The van der Waals surface area contributed by atoms with Crippen LogP contribution >= 0.6 is 12.6 Å². The summed E-state index contributed by atoms with van der Waals surface area (Å²) in [4.78, 5) is 10.2. The Morgan fingerprint density at radius 3 is 2.56 bits per heavy atom. The first-order valence-electron chi connectivity index (χ1n) is 6.43. The zero-order valence-corrected chi connectivity index (χ0v) is 11.3. The molecule has 1 aromatic rings. The van der Waals surface area contributed by atoms with Gasteiger partial charge >= 0.3 is 5.69 Å². The third-order valence-electron chi connectivity index (χ3n) is 3.83. The smallest absolute Gasteiger partial charge is 0.265 e. The molecule has 0 spiro atoms. The monoisotopic (exact) mass is 269 g/mol. The molecule has 0 unspecified atom stereocenters. The van der Waals surface area contributed by atoms with E-state index < -0.39 is 4.92 Å². The van der Waals surface area contributed by atoms with Crippen LogP contribution in [0.4, 0.5) is 5.69 Å². The average molecular weight is 269 g/mol. The predicted molar refractivity (Wildman–Crippen MR) is 72.9 cm³/mol. The molecule has 0 bridgehead atoms. The number of nitrogens with zero attached hydrogens (tertiary/aromatic N) is 3. The highest BCUT2D eigenvalue weighted by atomic mass is 32.1. The first kappa shape index (κ1) is 13.4. The molecule has 1 aromatic heterocycles. The van der Waals surface area contributed by atoms with E-state index in [1.807, 2.05) is 0 Å². The normalized spacial score (nSPS) is 19.4. The van der Waals surface area contributed by atoms with Crippen molar-refractivity contribution in [2.24, 2.45) is 5.41 Å². The second kappa shape index (κ2) is 5.73. The maximum atomic E-state index is 10.6. The van der Waals surface area contributed by atoms with Crippen LogP contribution in [-0.4, -0.2) is 20.5 Å². The van der Waals surface area contributed by atoms with Crippen molar-refractivity contribution in [3.05, 3.63) is 22.5 Å². The van der Waals surface area contributed by atoms with E-state index in [0.29, 0.717) is 0 Å². The summed E-state index contributed by atoms with van der Waals surface area (Å²) in [6.45, 7) is 0.740. The molecule has 0 aliphatic heterocycles. The SMILES string of the molecule is O=[N+]([O-])c1cnn(CC2(CS)CCCCCC2)c1. The Morgan fingerprint density at radius 1 is 1.39 bits per heavy atom. The number of hydrogen-bond donors (Lipinski definition) is 1. The zero-order chi connectivity index (χ0) is 13.0. The molecular formula is C12H19N3O2S. The van der Waals surface area contributed by atoms with Gasteiger partial charge in [-0.25, -0.2) is 0 Å². The fourth-order valence-electron chi connectivity index (χ4n) is 2.72. The first-order valence-corrected chi connectivity index (χ1v) is 7.06. The highest BCUT2D eigenvalue weighted by Crippen LogP contribution is 2.37. The van der Waals surface area contributed by atoms with Gasteiger partial charge in [-0.1, -0.05) is 25.7 Å². The summed E-state index contributed by atoms with van der Waals surface area (Å²) in [5.74, 6) is 0.820. The van der Waals surface area contributed by atoms with E-state index in [1.54, 1.807) is 4.68 Å². The van der Waals surface area contributed by atoms with Crippen LogP contribution in [-0.2, 0) is 6.54 Å². The molecular weight excluding hydrogens is 250 g/mol. The van der Waals surface area contributed by atoms with Gasteiger partial charge in [-0.15, -0.1) is 0 Å². The van der Waals surface area contributed by atoms with E-state index in [9.17, 15) is 10.1 Å². The lowest BCUT2D eigenvalue weighted by Gasteiger charge is -2.30. The molecule has 0 N–H and O–H groups in total. The Labute approximate surface area is 112 Å². The van der Waals surface area contributed by atoms with Gasteiger partial charge in [0.25, 0.3) is 0 Å². The lowest BCUT2D eigenvalue weighted by molar-refractivity contribution is -0.385. The van der Waals surface area contributed by atoms with Crippen LogP contribution in [0.25, 0.3) is 0 Å². The molecule has 1 aliphatic carbocycles. The lowest BCUT2D eigenvalue weighted by Crippen LogP contribution is -2.28. The standard InChI is InChI=1S/C12H19N3O2S/c16-15(17)11-7-13-14(8-11)9-12(10-18)5-3-1-2-4-6-12/h7-8,18H,1-6,9-10H2. The van der Waals surface area contributed by atoms with Gasteiger partial charge in [0.1, 0.15) is 12.4 Å². The number of rotatable bonds is 4. The van der Waals surface area contributed by atoms with Crippen LogP contribution in [0.3, 0.4) is 0 Å². The Hall–Kier alpha value is -1.04. The lowest BCUT2D eigenvalue weighted by atomic mass is 9.82. The Morgan fingerprint density at radius 2 is 2.06 bits per heavy atom. The van der Waals surface area contributed by atoms with Gasteiger partial charge in [0.2, 0.25) is 0 Å². The number of aromatic nitrogens is 2. The van der Waals surface area contributed by atoms with E-state index in [4.69, 9.17) is 0 Å². The minimum atomic E-state index is -0.399. The summed E-state index contributed by atoms with van der Waals surface area (Å²) in [6, 6.07) is 0. The van der Waals surface area contributed by atoms with E-state index in [2.05, 4.69) is 17.7 Å². The molecule has 2 rings (SSSR count). The molecule has 1 heterocycles. The summed E-state index contributed by atoms with van der Waals surface area (Å²) < 4.78 is 1.71. The Kier molecular flexibility index (Phi) is 4.27. The Balaban J connectivity index is 2.10. The fraction of sp³-hybridized carbons (Fsp3) is 0.750. The Bertz CT molecular complexity index is 411. The summed E-state index contributed by atoms with van der Waals surface area (Å²) in [6.07, 6.45) is 10.2. The summed E-state index contributed by atoms with van der Waals surface area (Å²) in [5, 5.41) is 14.7. The molecule has 0 radical (unpaired) electrons. The third-order valence-corrected chi connectivity index (χ3v) is 4.50. The van der Waals surface area contributed by atoms with Crippen molar-refractivity contribution in [2.45, 2.75) is 45.1 Å². The highest BCUT2D eigenvalue weighted by Gasteiger charge is 2.30. The van der Waals surface area contributed by atoms with Crippen molar-refractivity contribution >= 4 is 18.3 Å². The maximum absolute atomic E-state index is 10.6. The molecule has 1 saturated carbocycles. The maximum Gasteiger partial charge on any atom is 0.306 e. The second-order valence-electron chi connectivity index (χ2n) is 5.23. The third kappa shape index (κ3) is 3.04. The van der Waals surface area contributed by atoms with Crippen molar-refractivity contribution in [3.8, 4) is 0 Å². The van der Waals surface area contributed by atoms with Crippen LogP contribution in [0, 0.1) is 15.5 Å². The van der Waals surface area contributed by atoms with Crippen molar-refractivity contribution in [1.82, 2.24) is 9.78 Å². The average Bonchev–Trinajstić information content (AvgIpc) is 2.69. The fourth-order valence-corrected chi connectivity index (χ4v) is 3.14. The van der Waals surface area contributed by atoms with Gasteiger partial charge in [-0.05, 0) is 24.0 Å². The van der Waals surface area contributed by atoms with Crippen LogP contribution in [0.2, 0.25) is 0 Å². The first-order chi connectivity index (χ1) is 8.65. The van der Waals surface area contributed by atoms with Crippen molar-refractivity contribution in [3.63, 3.8) is 0 Å². The number of nitro groups is 1. The van der Waals surface area contributed by atoms with Crippen LogP contribution < -0.4 is 0 Å². The summed E-state index contributed by atoms with van der Waals surface area (Å²) >= 11 is 4.50. The van der Waals surface area contributed by atoms with Crippen LogP contribution in [0.5, 0.6) is 0 Å². The van der Waals surface area contributed by atoms with E-state index in [0.717, 1.165) is 25.1 Å². The van der Waals surface area contributed by atoms with Gasteiger partial charge in [-0.3, -0.25) is 14.8 Å². The zero-order valence-electron chi connectivity index (χ0n) is 10.4. The van der Waals surface area contributed by atoms with E-state index >= 15 is 0 Å². The largest absolute Gasteiger partial charge is 0.306 e. The quantitative estimate of drug-likeness (QED) is 0.395. The molecule has 1 fully saturated rings. The highest BCUT2D eigenvalue weighted by molar-refractivity contribution is 7.80.